The Morgan fingerprint density at radius 1 is 1.41 bits per heavy atom. The zero-order valence-corrected chi connectivity index (χ0v) is 10.2. The molecule has 0 radical (unpaired) electrons. The van der Waals surface area contributed by atoms with Gasteiger partial charge in [-0.1, -0.05) is 19.9 Å². The summed E-state index contributed by atoms with van der Waals surface area (Å²) in [7, 11) is 0. The molecule has 2 rings (SSSR count). The Kier molecular flexibility index (Phi) is 2.88. The van der Waals surface area contributed by atoms with Gasteiger partial charge in [-0.05, 0) is 30.5 Å². The van der Waals surface area contributed by atoms with E-state index in [2.05, 4.69) is 5.10 Å². The highest BCUT2D eigenvalue weighted by Gasteiger charge is 2.23. The topological polar surface area (TPSA) is 54.6 Å². The van der Waals surface area contributed by atoms with Crippen molar-refractivity contribution in [2.24, 2.45) is 5.92 Å². The van der Waals surface area contributed by atoms with Crippen molar-refractivity contribution in [3.63, 3.8) is 0 Å². The van der Waals surface area contributed by atoms with Gasteiger partial charge in [0.1, 0.15) is 0 Å². The Hall–Kier alpha value is -1.84. The summed E-state index contributed by atoms with van der Waals surface area (Å²) in [6.45, 7) is 5.75. The third kappa shape index (κ3) is 2.16. The fourth-order valence-corrected chi connectivity index (χ4v) is 2.13. The van der Waals surface area contributed by atoms with Gasteiger partial charge in [0, 0.05) is 6.20 Å². The molecule has 0 aliphatic carbocycles. The highest BCUT2D eigenvalue weighted by atomic mass is 16.4. The Labute approximate surface area is 99.9 Å². The SMILES string of the molecule is Cc1cc2ccc(C(C(=O)O)C(C)C)cn2n1. The highest BCUT2D eigenvalue weighted by Crippen LogP contribution is 2.25. The summed E-state index contributed by atoms with van der Waals surface area (Å²) in [6, 6.07) is 5.75. The number of rotatable bonds is 3. The first kappa shape index (κ1) is 11.6. The van der Waals surface area contributed by atoms with Crippen LogP contribution in [0.5, 0.6) is 0 Å². The van der Waals surface area contributed by atoms with Crippen LogP contribution >= 0.6 is 0 Å². The first-order valence-corrected chi connectivity index (χ1v) is 5.68. The molecule has 0 aliphatic heterocycles. The second kappa shape index (κ2) is 4.20. The Morgan fingerprint density at radius 2 is 2.12 bits per heavy atom. The van der Waals surface area contributed by atoms with E-state index in [0.717, 1.165) is 16.8 Å². The van der Waals surface area contributed by atoms with Crippen molar-refractivity contribution in [1.82, 2.24) is 9.61 Å². The molecule has 2 heterocycles. The summed E-state index contributed by atoms with van der Waals surface area (Å²) in [6.07, 6.45) is 1.81. The van der Waals surface area contributed by atoms with Crippen molar-refractivity contribution in [3.8, 4) is 0 Å². The lowest BCUT2D eigenvalue weighted by molar-refractivity contribution is -0.139. The van der Waals surface area contributed by atoms with E-state index < -0.39 is 11.9 Å². The molecule has 0 saturated heterocycles. The van der Waals surface area contributed by atoms with Gasteiger partial charge >= 0.3 is 5.97 Å². The minimum Gasteiger partial charge on any atom is -0.481 e. The molecule has 0 aromatic carbocycles. The number of aryl methyl sites for hydroxylation is 1. The summed E-state index contributed by atoms with van der Waals surface area (Å²) < 4.78 is 1.74. The second-order valence-corrected chi connectivity index (χ2v) is 4.68. The van der Waals surface area contributed by atoms with Crippen LogP contribution in [0.1, 0.15) is 31.0 Å². The van der Waals surface area contributed by atoms with Gasteiger partial charge in [-0.2, -0.15) is 5.10 Å². The maximum atomic E-state index is 11.3. The Balaban J connectivity index is 2.50. The van der Waals surface area contributed by atoms with Crippen molar-refractivity contribution in [2.75, 3.05) is 0 Å². The van der Waals surface area contributed by atoms with Gasteiger partial charge in [0.2, 0.25) is 0 Å². The molecular formula is C13H16N2O2. The third-order valence-electron chi connectivity index (χ3n) is 2.90. The van der Waals surface area contributed by atoms with Gasteiger partial charge in [0.25, 0.3) is 0 Å². The van der Waals surface area contributed by atoms with E-state index >= 15 is 0 Å². The van der Waals surface area contributed by atoms with Crippen LogP contribution in [0.3, 0.4) is 0 Å². The van der Waals surface area contributed by atoms with Crippen molar-refractivity contribution < 1.29 is 9.90 Å². The lowest BCUT2D eigenvalue weighted by Gasteiger charge is -2.16. The first-order valence-electron chi connectivity index (χ1n) is 5.68. The quantitative estimate of drug-likeness (QED) is 0.884. The van der Waals surface area contributed by atoms with Crippen LogP contribution in [0.2, 0.25) is 0 Å². The molecule has 0 fully saturated rings. The molecule has 4 heteroatoms. The lowest BCUT2D eigenvalue weighted by Crippen LogP contribution is -2.17. The average molecular weight is 232 g/mol. The fourth-order valence-electron chi connectivity index (χ4n) is 2.13. The molecule has 1 atom stereocenters. The first-order chi connectivity index (χ1) is 7.99. The van der Waals surface area contributed by atoms with E-state index in [0.29, 0.717) is 0 Å². The number of carboxylic acid groups (broad SMARTS) is 1. The van der Waals surface area contributed by atoms with E-state index in [-0.39, 0.29) is 5.92 Å². The molecule has 2 aromatic heterocycles. The predicted octanol–water partition coefficient (Wildman–Crippen LogP) is 2.47. The number of hydrogen-bond acceptors (Lipinski definition) is 2. The van der Waals surface area contributed by atoms with Crippen molar-refractivity contribution in [1.29, 1.82) is 0 Å². The average Bonchev–Trinajstić information content (AvgIpc) is 2.56. The molecule has 90 valence electrons. The number of pyridine rings is 1. The summed E-state index contributed by atoms with van der Waals surface area (Å²) in [5, 5.41) is 13.5. The molecule has 0 saturated carbocycles. The summed E-state index contributed by atoms with van der Waals surface area (Å²) in [5.74, 6) is -1.21. The number of fused-ring (bicyclic) bond motifs is 1. The van der Waals surface area contributed by atoms with Gasteiger partial charge in [-0.15, -0.1) is 0 Å². The van der Waals surface area contributed by atoms with Crippen molar-refractivity contribution in [3.05, 3.63) is 35.7 Å². The summed E-state index contributed by atoms with van der Waals surface area (Å²) >= 11 is 0. The van der Waals surface area contributed by atoms with Crippen molar-refractivity contribution >= 4 is 11.5 Å². The third-order valence-corrected chi connectivity index (χ3v) is 2.90. The molecule has 4 nitrogen and oxygen atoms in total. The number of aromatic nitrogens is 2. The van der Waals surface area contributed by atoms with Gasteiger partial charge in [0.15, 0.2) is 0 Å². The predicted molar refractivity (Wildman–Crippen MR) is 65.1 cm³/mol. The molecule has 2 aromatic rings. The minimum atomic E-state index is -0.789. The largest absolute Gasteiger partial charge is 0.481 e. The molecule has 0 bridgehead atoms. The van der Waals surface area contributed by atoms with Gasteiger partial charge in [-0.3, -0.25) is 4.79 Å². The molecule has 0 amide bonds. The van der Waals surface area contributed by atoms with E-state index in [9.17, 15) is 9.90 Å². The van der Waals surface area contributed by atoms with Crippen LogP contribution in [-0.2, 0) is 4.79 Å². The number of hydrogen-bond donors (Lipinski definition) is 1. The highest BCUT2D eigenvalue weighted by molar-refractivity contribution is 5.76. The van der Waals surface area contributed by atoms with Crippen LogP contribution in [-0.4, -0.2) is 20.7 Å². The molecule has 1 N–H and O–H groups in total. The van der Waals surface area contributed by atoms with E-state index in [1.54, 1.807) is 10.7 Å². The van der Waals surface area contributed by atoms with Crippen molar-refractivity contribution in [2.45, 2.75) is 26.7 Å². The zero-order valence-electron chi connectivity index (χ0n) is 10.2. The normalized spacial score (nSPS) is 13.2. The van der Waals surface area contributed by atoms with E-state index in [4.69, 9.17) is 0 Å². The molecular weight excluding hydrogens is 216 g/mol. The summed E-state index contributed by atoms with van der Waals surface area (Å²) in [4.78, 5) is 11.3. The number of aliphatic carboxylic acids is 1. The van der Waals surface area contributed by atoms with Gasteiger partial charge in [0.05, 0.1) is 17.1 Å². The van der Waals surface area contributed by atoms with Crippen LogP contribution in [0.4, 0.5) is 0 Å². The number of carboxylic acids is 1. The number of nitrogens with zero attached hydrogens (tertiary/aromatic N) is 2. The Morgan fingerprint density at radius 3 is 2.71 bits per heavy atom. The monoisotopic (exact) mass is 232 g/mol. The maximum Gasteiger partial charge on any atom is 0.311 e. The summed E-state index contributed by atoms with van der Waals surface area (Å²) in [5.41, 5.74) is 2.71. The zero-order chi connectivity index (χ0) is 12.6. The maximum absolute atomic E-state index is 11.3. The molecule has 1 unspecified atom stereocenters. The molecule has 0 spiro atoms. The molecule has 17 heavy (non-hydrogen) atoms. The second-order valence-electron chi connectivity index (χ2n) is 4.68. The van der Waals surface area contributed by atoms with E-state index in [1.165, 1.54) is 0 Å². The fraction of sp³-hybridized carbons (Fsp3) is 0.385. The van der Waals surface area contributed by atoms with Gasteiger partial charge < -0.3 is 5.11 Å². The standard InChI is InChI=1S/C13H16N2O2/c1-8(2)12(13(16)17)10-4-5-11-6-9(3)14-15(11)7-10/h4-8,12H,1-3H3,(H,16,17). The van der Waals surface area contributed by atoms with Gasteiger partial charge in [-0.25, -0.2) is 4.52 Å². The molecule has 0 aliphatic rings. The van der Waals surface area contributed by atoms with E-state index in [1.807, 2.05) is 39.0 Å². The van der Waals surface area contributed by atoms with Crippen LogP contribution < -0.4 is 0 Å². The lowest BCUT2D eigenvalue weighted by atomic mass is 9.89. The minimum absolute atomic E-state index is 0.0570. The van der Waals surface area contributed by atoms with Crippen LogP contribution in [0, 0.1) is 12.8 Å². The number of carbonyl (C=O) groups is 1. The van der Waals surface area contributed by atoms with Crippen LogP contribution in [0.15, 0.2) is 24.4 Å². The smallest absolute Gasteiger partial charge is 0.311 e. The Bertz CT molecular complexity index is 558. The van der Waals surface area contributed by atoms with Crippen LogP contribution in [0.25, 0.3) is 5.52 Å².